The molecule has 3 heterocycles. The third-order valence-corrected chi connectivity index (χ3v) is 13.6. The first-order valence-corrected chi connectivity index (χ1v) is 21.9. The summed E-state index contributed by atoms with van der Waals surface area (Å²) in [5.41, 5.74) is 15.2. The van der Waals surface area contributed by atoms with Crippen LogP contribution in [0.25, 0.3) is 86.4 Å². The summed E-state index contributed by atoms with van der Waals surface area (Å²) in [4.78, 5) is 5.71. The molecule has 288 valence electrons. The molecule has 10 aromatic rings. The van der Waals surface area contributed by atoms with Crippen LogP contribution in [0.5, 0.6) is 0 Å². The van der Waals surface area contributed by atoms with E-state index in [2.05, 4.69) is 196 Å². The van der Waals surface area contributed by atoms with Crippen LogP contribution >= 0.6 is 11.3 Å². The van der Waals surface area contributed by atoms with Gasteiger partial charge in [-0.3, -0.25) is 4.99 Å². The Morgan fingerprint density at radius 2 is 1.17 bits per heavy atom. The van der Waals surface area contributed by atoms with E-state index in [4.69, 9.17) is 9.41 Å². The van der Waals surface area contributed by atoms with E-state index in [1.165, 1.54) is 75.5 Å². The number of rotatable bonds is 6. The second-order valence-electron chi connectivity index (χ2n) is 16.0. The molecule has 60 heavy (non-hydrogen) atoms. The van der Waals surface area contributed by atoms with E-state index in [0.717, 1.165) is 58.2 Å². The van der Waals surface area contributed by atoms with Gasteiger partial charge in [0, 0.05) is 48.1 Å². The highest BCUT2D eigenvalue weighted by atomic mass is 32.1. The molecule has 0 N–H and O–H groups in total. The number of nitrogens with zero attached hydrogens (tertiary/aromatic N) is 1. The van der Waals surface area contributed by atoms with Crippen LogP contribution in [-0.4, -0.2) is 5.71 Å². The summed E-state index contributed by atoms with van der Waals surface area (Å²) in [6.45, 7) is 4.69. The Hall–Kier alpha value is -6.81. The van der Waals surface area contributed by atoms with Gasteiger partial charge in [0.25, 0.3) is 0 Å². The largest absolute Gasteiger partial charge is 0.456 e. The van der Waals surface area contributed by atoms with Gasteiger partial charge >= 0.3 is 0 Å². The van der Waals surface area contributed by atoms with Gasteiger partial charge in [-0.05, 0) is 106 Å². The summed E-state index contributed by atoms with van der Waals surface area (Å²) in [6.07, 6.45) is 5.23. The molecule has 0 saturated carbocycles. The Balaban J connectivity index is 1.12. The van der Waals surface area contributed by atoms with Gasteiger partial charge in [0.15, 0.2) is 0 Å². The smallest absolute Gasteiger partial charge is 0.136 e. The fraction of sp³-hybridized carbons (Fsp3) is 0.105. The maximum Gasteiger partial charge on any atom is 0.136 e. The van der Waals surface area contributed by atoms with Crippen LogP contribution < -0.4 is 0 Å². The molecule has 2 aromatic heterocycles. The van der Waals surface area contributed by atoms with Gasteiger partial charge in [0.2, 0.25) is 0 Å². The Morgan fingerprint density at radius 3 is 1.98 bits per heavy atom. The first kappa shape index (κ1) is 36.3. The Bertz CT molecular complexity index is 3360. The lowest BCUT2D eigenvalue weighted by molar-refractivity contribution is 0.669. The maximum absolute atomic E-state index is 6.52. The molecule has 1 aliphatic rings. The molecule has 11 rings (SSSR count). The molecule has 1 aliphatic heterocycles. The van der Waals surface area contributed by atoms with Crippen LogP contribution in [0.4, 0.5) is 0 Å². The molecular formula is C57H43NOS. The Morgan fingerprint density at radius 1 is 0.517 bits per heavy atom. The third kappa shape index (κ3) is 6.20. The number of furan rings is 1. The van der Waals surface area contributed by atoms with Crippen molar-refractivity contribution in [1.29, 1.82) is 0 Å². The molecule has 1 atom stereocenters. The monoisotopic (exact) mass is 789 g/mol. The summed E-state index contributed by atoms with van der Waals surface area (Å²) in [5.74, 6) is 0.159. The standard InChI is InChI=1S/C57H43NOS/c1-3-37-35-50(58-49(39-18-8-5-9-19-39)32-30-36(2)55(37)47-26-15-29-54-57(47)46-20-10-11-28-53(46)60-54)44-24-13-21-41-42(44)22-12-23-43(41)45-25-14-27-52-56(45)48-34-40(31-33-51(48)59-52)38-16-6-4-7-17-38/h4-29,31,33-35,37H,3,30,32H2,1-2H3/b50-35-,55-36-,58-49+. The van der Waals surface area contributed by atoms with Crippen molar-refractivity contribution in [3.8, 4) is 22.3 Å². The number of benzene rings is 8. The molecule has 0 amide bonds. The number of aliphatic imine (C=N–C) groups is 1. The molecular weight excluding hydrogens is 747 g/mol. The Labute approximate surface area is 354 Å². The van der Waals surface area contributed by atoms with E-state index in [9.17, 15) is 0 Å². The fourth-order valence-electron chi connectivity index (χ4n) is 9.64. The van der Waals surface area contributed by atoms with Gasteiger partial charge in [0.05, 0.1) is 5.70 Å². The van der Waals surface area contributed by atoms with Crippen molar-refractivity contribution >= 4 is 81.2 Å². The van der Waals surface area contributed by atoms with E-state index < -0.39 is 0 Å². The fourth-order valence-corrected chi connectivity index (χ4v) is 10.8. The van der Waals surface area contributed by atoms with E-state index in [1.807, 2.05) is 11.3 Å². The molecule has 8 aromatic carbocycles. The van der Waals surface area contributed by atoms with Crippen molar-refractivity contribution in [3.05, 3.63) is 204 Å². The van der Waals surface area contributed by atoms with Gasteiger partial charge in [-0.25, -0.2) is 0 Å². The zero-order valence-electron chi connectivity index (χ0n) is 33.8. The van der Waals surface area contributed by atoms with Crippen LogP contribution in [0.3, 0.4) is 0 Å². The minimum Gasteiger partial charge on any atom is -0.456 e. The van der Waals surface area contributed by atoms with Crippen LogP contribution in [0.15, 0.2) is 197 Å². The lowest BCUT2D eigenvalue weighted by Crippen LogP contribution is -2.04. The molecule has 0 saturated heterocycles. The van der Waals surface area contributed by atoms with Crippen LogP contribution in [0.1, 0.15) is 49.8 Å². The van der Waals surface area contributed by atoms with E-state index in [-0.39, 0.29) is 5.92 Å². The van der Waals surface area contributed by atoms with Crippen molar-refractivity contribution < 1.29 is 4.42 Å². The molecule has 0 fully saturated rings. The molecule has 0 spiro atoms. The minimum atomic E-state index is 0.159. The topological polar surface area (TPSA) is 25.5 Å². The van der Waals surface area contributed by atoms with Crippen molar-refractivity contribution in [3.63, 3.8) is 0 Å². The van der Waals surface area contributed by atoms with Gasteiger partial charge in [0.1, 0.15) is 11.2 Å². The summed E-state index contributed by atoms with van der Waals surface area (Å²) in [7, 11) is 0. The third-order valence-electron chi connectivity index (χ3n) is 12.5. The SMILES string of the molecule is CCC1/C=C(c2cccc3c(-c4cccc5oc6ccc(-c7ccccc7)cc6c45)cccc23)\N=C(\c2ccccc2)CC/C(C)=C/1c1cccc2sc3ccccc3c12. The highest BCUT2D eigenvalue weighted by Crippen LogP contribution is 2.45. The van der Waals surface area contributed by atoms with Gasteiger partial charge in [-0.1, -0.05) is 164 Å². The lowest BCUT2D eigenvalue weighted by atomic mass is 9.83. The van der Waals surface area contributed by atoms with Gasteiger partial charge < -0.3 is 4.42 Å². The normalized spacial score (nSPS) is 18.0. The number of hydrogen-bond acceptors (Lipinski definition) is 3. The first-order valence-electron chi connectivity index (χ1n) is 21.1. The lowest BCUT2D eigenvalue weighted by Gasteiger charge is -2.21. The molecule has 3 heteroatoms. The predicted molar refractivity (Wildman–Crippen MR) is 258 cm³/mol. The van der Waals surface area contributed by atoms with Crippen molar-refractivity contribution in [2.75, 3.05) is 0 Å². The first-order chi connectivity index (χ1) is 29.6. The molecule has 0 aliphatic carbocycles. The van der Waals surface area contributed by atoms with Crippen LogP contribution in [0.2, 0.25) is 0 Å². The molecule has 0 radical (unpaired) electrons. The summed E-state index contributed by atoms with van der Waals surface area (Å²) in [6, 6.07) is 63.7. The van der Waals surface area contributed by atoms with Gasteiger partial charge in [-0.15, -0.1) is 11.3 Å². The van der Waals surface area contributed by atoms with Gasteiger partial charge in [-0.2, -0.15) is 0 Å². The molecule has 2 nitrogen and oxygen atoms in total. The average Bonchev–Trinajstić information content (AvgIpc) is 3.90. The summed E-state index contributed by atoms with van der Waals surface area (Å²) >= 11 is 1.89. The van der Waals surface area contributed by atoms with Crippen LogP contribution in [-0.2, 0) is 0 Å². The zero-order chi connectivity index (χ0) is 40.2. The second-order valence-corrected chi connectivity index (χ2v) is 17.1. The molecule has 1 unspecified atom stereocenters. The van der Waals surface area contributed by atoms with Crippen molar-refractivity contribution in [2.24, 2.45) is 10.9 Å². The predicted octanol–water partition coefficient (Wildman–Crippen LogP) is 16.6. The number of allylic oxidation sites excluding steroid dienone is 3. The number of hydrogen-bond donors (Lipinski definition) is 0. The maximum atomic E-state index is 6.52. The van der Waals surface area contributed by atoms with E-state index in [1.54, 1.807) is 0 Å². The molecule has 0 bridgehead atoms. The van der Waals surface area contributed by atoms with Crippen molar-refractivity contribution in [2.45, 2.75) is 33.1 Å². The van der Waals surface area contributed by atoms with E-state index >= 15 is 0 Å². The summed E-state index contributed by atoms with van der Waals surface area (Å²) in [5, 5.41) is 7.36. The summed E-state index contributed by atoms with van der Waals surface area (Å²) < 4.78 is 9.20. The minimum absolute atomic E-state index is 0.159. The highest BCUT2D eigenvalue weighted by Gasteiger charge is 2.24. The number of fused-ring (bicyclic) bond motifs is 7. The van der Waals surface area contributed by atoms with Crippen LogP contribution in [0, 0.1) is 5.92 Å². The van der Waals surface area contributed by atoms with E-state index in [0.29, 0.717) is 0 Å². The zero-order valence-corrected chi connectivity index (χ0v) is 34.6. The average molecular weight is 790 g/mol. The second kappa shape index (κ2) is 15.1. The number of thiophene rings is 1. The quantitative estimate of drug-likeness (QED) is 0.165. The Kier molecular flexibility index (Phi) is 9.13. The highest BCUT2D eigenvalue weighted by molar-refractivity contribution is 7.25. The van der Waals surface area contributed by atoms with Crippen molar-refractivity contribution in [1.82, 2.24) is 0 Å².